The number of carbonyl (C=O) groups excluding carboxylic acids is 1. The number of nitrogens with two attached hydrogens (primary N) is 1. The highest BCUT2D eigenvalue weighted by Crippen LogP contribution is 2.09. The maximum Gasteiger partial charge on any atom is 0.231 e. The molecule has 12 heavy (non-hydrogen) atoms. The van der Waals surface area contributed by atoms with Crippen LogP contribution < -0.4 is 5.73 Å². The number of rotatable bonds is 2. The Hall–Kier alpha value is -0.610. The van der Waals surface area contributed by atoms with Gasteiger partial charge in [-0.3, -0.25) is 9.69 Å². The molecule has 0 aromatic heterocycles. The van der Waals surface area contributed by atoms with Crippen molar-refractivity contribution < 1.29 is 9.53 Å². The molecule has 1 aliphatic rings. The molecule has 1 amide bonds. The SMILES string of the molecule is C[C@H]1CN(CC(N)=O)C[C@H](C)O1. The summed E-state index contributed by atoms with van der Waals surface area (Å²) in [7, 11) is 0. The molecule has 2 N–H and O–H groups in total. The van der Waals surface area contributed by atoms with Crippen molar-refractivity contribution >= 4 is 5.91 Å². The molecular weight excluding hydrogens is 156 g/mol. The fourth-order valence-electron chi connectivity index (χ4n) is 1.63. The first-order valence-electron chi connectivity index (χ1n) is 4.24. The number of nitrogens with zero attached hydrogens (tertiary/aromatic N) is 1. The summed E-state index contributed by atoms with van der Waals surface area (Å²) in [5, 5.41) is 0. The lowest BCUT2D eigenvalue weighted by atomic mass is 10.2. The Balaban J connectivity index is 2.38. The normalized spacial score (nSPS) is 31.8. The van der Waals surface area contributed by atoms with Gasteiger partial charge in [0.2, 0.25) is 5.91 Å². The minimum atomic E-state index is -0.267. The molecule has 70 valence electrons. The summed E-state index contributed by atoms with van der Waals surface area (Å²) >= 11 is 0. The molecular formula is C8H16N2O2. The van der Waals surface area contributed by atoms with Gasteiger partial charge in [-0.15, -0.1) is 0 Å². The number of primary amides is 1. The second kappa shape index (κ2) is 3.87. The number of hydrogen-bond donors (Lipinski definition) is 1. The van der Waals surface area contributed by atoms with E-state index in [1.807, 2.05) is 18.7 Å². The van der Waals surface area contributed by atoms with E-state index in [-0.39, 0.29) is 18.1 Å². The number of amides is 1. The smallest absolute Gasteiger partial charge is 0.231 e. The summed E-state index contributed by atoms with van der Waals surface area (Å²) in [5.74, 6) is -0.267. The van der Waals surface area contributed by atoms with Crippen molar-refractivity contribution in [2.45, 2.75) is 26.1 Å². The molecule has 0 radical (unpaired) electrons. The zero-order valence-electron chi connectivity index (χ0n) is 7.62. The zero-order chi connectivity index (χ0) is 9.14. The number of carbonyl (C=O) groups is 1. The molecule has 1 heterocycles. The molecule has 0 aromatic rings. The molecule has 2 atom stereocenters. The van der Waals surface area contributed by atoms with E-state index in [1.165, 1.54) is 0 Å². The van der Waals surface area contributed by atoms with E-state index in [0.29, 0.717) is 6.54 Å². The lowest BCUT2D eigenvalue weighted by Crippen LogP contribution is -2.48. The van der Waals surface area contributed by atoms with E-state index in [4.69, 9.17) is 10.5 Å². The highest BCUT2D eigenvalue weighted by molar-refractivity contribution is 5.75. The molecule has 0 saturated carbocycles. The van der Waals surface area contributed by atoms with Crippen LogP contribution in [0, 0.1) is 0 Å². The third-order valence-electron chi connectivity index (χ3n) is 1.87. The molecule has 0 unspecified atom stereocenters. The zero-order valence-corrected chi connectivity index (χ0v) is 7.62. The number of morpholine rings is 1. The maximum atomic E-state index is 10.6. The van der Waals surface area contributed by atoms with Crippen molar-refractivity contribution in [1.82, 2.24) is 4.90 Å². The van der Waals surface area contributed by atoms with Crippen LogP contribution in [-0.2, 0) is 9.53 Å². The van der Waals surface area contributed by atoms with Gasteiger partial charge >= 0.3 is 0 Å². The molecule has 0 aromatic carbocycles. The molecule has 4 heteroatoms. The molecule has 4 nitrogen and oxygen atoms in total. The third-order valence-corrected chi connectivity index (χ3v) is 1.87. The van der Waals surface area contributed by atoms with Gasteiger partial charge < -0.3 is 10.5 Å². The molecule has 1 saturated heterocycles. The molecule has 0 bridgehead atoms. The number of ether oxygens (including phenoxy) is 1. The van der Waals surface area contributed by atoms with E-state index in [1.54, 1.807) is 0 Å². The predicted octanol–water partition coefficient (Wildman–Crippen LogP) is -0.419. The van der Waals surface area contributed by atoms with Crippen molar-refractivity contribution in [3.8, 4) is 0 Å². The Labute approximate surface area is 72.7 Å². The molecule has 1 fully saturated rings. The van der Waals surface area contributed by atoms with Gasteiger partial charge in [0.25, 0.3) is 0 Å². The van der Waals surface area contributed by atoms with E-state index in [9.17, 15) is 4.79 Å². The van der Waals surface area contributed by atoms with Crippen LogP contribution in [0.5, 0.6) is 0 Å². The Morgan fingerprint density at radius 3 is 2.42 bits per heavy atom. The van der Waals surface area contributed by atoms with Crippen molar-refractivity contribution in [2.75, 3.05) is 19.6 Å². The summed E-state index contributed by atoms with van der Waals surface area (Å²) in [4.78, 5) is 12.6. The van der Waals surface area contributed by atoms with Gasteiger partial charge in [0.15, 0.2) is 0 Å². The summed E-state index contributed by atoms with van der Waals surface area (Å²) in [6.45, 7) is 5.95. The molecule has 0 aliphatic carbocycles. The maximum absolute atomic E-state index is 10.6. The van der Waals surface area contributed by atoms with E-state index >= 15 is 0 Å². The Morgan fingerprint density at radius 2 is 2.00 bits per heavy atom. The van der Waals surface area contributed by atoms with Gasteiger partial charge in [-0.05, 0) is 13.8 Å². The monoisotopic (exact) mass is 172 g/mol. The van der Waals surface area contributed by atoms with E-state index < -0.39 is 0 Å². The highest BCUT2D eigenvalue weighted by Gasteiger charge is 2.22. The van der Waals surface area contributed by atoms with Crippen LogP contribution in [0.2, 0.25) is 0 Å². The Bertz CT molecular complexity index is 162. The van der Waals surface area contributed by atoms with Crippen LogP contribution >= 0.6 is 0 Å². The quantitative estimate of drug-likeness (QED) is 0.615. The minimum Gasteiger partial charge on any atom is -0.373 e. The van der Waals surface area contributed by atoms with Crippen molar-refractivity contribution in [1.29, 1.82) is 0 Å². The Kier molecular flexibility index (Phi) is 3.05. The predicted molar refractivity (Wildman–Crippen MR) is 45.6 cm³/mol. The summed E-state index contributed by atoms with van der Waals surface area (Å²) in [5.41, 5.74) is 5.09. The second-order valence-electron chi connectivity index (χ2n) is 3.42. The van der Waals surface area contributed by atoms with Crippen LogP contribution in [0.25, 0.3) is 0 Å². The van der Waals surface area contributed by atoms with Crippen LogP contribution in [0.1, 0.15) is 13.8 Å². The fourth-order valence-corrected chi connectivity index (χ4v) is 1.63. The molecule has 0 spiro atoms. The average molecular weight is 172 g/mol. The first-order valence-corrected chi connectivity index (χ1v) is 4.24. The Morgan fingerprint density at radius 1 is 1.50 bits per heavy atom. The minimum absolute atomic E-state index is 0.202. The first kappa shape index (κ1) is 9.48. The average Bonchev–Trinajstić information content (AvgIpc) is 1.81. The topological polar surface area (TPSA) is 55.6 Å². The first-order chi connectivity index (χ1) is 5.58. The van der Waals surface area contributed by atoms with E-state index in [0.717, 1.165) is 13.1 Å². The lowest BCUT2D eigenvalue weighted by Gasteiger charge is -2.34. The van der Waals surface area contributed by atoms with Gasteiger partial charge in [0.1, 0.15) is 0 Å². The summed E-state index contributed by atoms with van der Waals surface area (Å²) in [6.07, 6.45) is 0.404. The van der Waals surface area contributed by atoms with Gasteiger partial charge in [-0.1, -0.05) is 0 Å². The van der Waals surface area contributed by atoms with Crippen molar-refractivity contribution in [2.24, 2.45) is 5.73 Å². The van der Waals surface area contributed by atoms with E-state index in [2.05, 4.69) is 0 Å². The van der Waals surface area contributed by atoms with Gasteiger partial charge in [-0.25, -0.2) is 0 Å². The summed E-state index contributed by atoms with van der Waals surface area (Å²) < 4.78 is 5.50. The van der Waals surface area contributed by atoms with Gasteiger partial charge in [0, 0.05) is 13.1 Å². The molecule has 1 aliphatic heterocycles. The highest BCUT2D eigenvalue weighted by atomic mass is 16.5. The van der Waals surface area contributed by atoms with Crippen LogP contribution in [0.4, 0.5) is 0 Å². The number of hydrogen-bond acceptors (Lipinski definition) is 3. The van der Waals surface area contributed by atoms with Crippen LogP contribution in [-0.4, -0.2) is 42.6 Å². The van der Waals surface area contributed by atoms with Gasteiger partial charge in [0.05, 0.1) is 18.8 Å². The lowest BCUT2D eigenvalue weighted by molar-refractivity contribution is -0.122. The van der Waals surface area contributed by atoms with Gasteiger partial charge in [-0.2, -0.15) is 0 Å². The summed E-state index contributed by atoms with van der Waals surface area (Å²) in [6, 6.07) is 0. The molecule has 1 rings (SSSR count). The van der Waals surface area contributed by atoms with Crippen LogP contribution in [0.15, 0.2) is 0 Å². The second-order valence-corrected chi connectivity index (χ2v) is 3.42. The van der Waals surface area contributed by atoms with Crippen molar-refractivity contribution in [3.05, 3.63) is 0 Å². The van der Waals surface area contributed by atoms with Crippen LogP contribution in [0.3, 0.4) is 0 Å². The standard InChI is InChI=1S/C8H16N2O2/c1-6-3-10(5-8(9)11)4-7(2)12-6/h6-7H,3-5H2,1-2H3,(H2,9,11)/t6-,7-/m0/s1. The largest absolute Gasteiger partial charge is 0.373 e. The van der Waals surface area contributed by atoms with Crippen molar-refractivity contribution in [3.63, 3.8) is 0 Å². The fraction of sp³-hybridized carbons (Fsp3) is 0.875. The third kappa shape index (κ3) is 2.79.